The molecule has 16 heavy (non-hydrogen) atoms. The highest BCUT2D eigenvalue weighted by atomic mass is 19.2. The van der Waals surface area contributed by atoms with E-state index in [0.29, 0.717) is 18.4 Å². The molecule has 1 N–H and O–H groups in total. The minimum Gasteiger partial charge on any atom is -0.358 e. The Morgan fingerprint density at radius 1 is 1.00 bits per heavy atom. The molecule has 0 fully saturated rings. The SMILES string of the molecule is CCCc1c[nH]c2c(F)c(F)c(F)c(F)c12. The number of nitrogens with one attached hydrogen (secondary N) is 1. The van der Waals surface area contributed by atoms with Crippen LogP contribution in [0, 0.1) is 23.3 Å². The first-order valence-corrected chi connectivity index (χ1v) is 4.89. The van der Waals surface area contributed by atoms with E-state index in [9.17, 15) is 17.6 Å². The molecule has 0 aliphatic rings. The number of benzene rings is 1. The van der Waals surface area contributed by atoms with Crippen molar-refractivity contribution >= 4 is 10.9 Å². The summed E-state index contributed by atoms with van der Waals surface area (Å²) in [7, 11) is 0. The third kappa shape index (κ3) is 1.38. The van der Waals surface area contributed by atoms with Crippen molar-refractivity contribution in [3.8, 4) is 0 Å². The van der Waals surface area contributed by atoms with Crippen LogP contribution in [0.1, 0.15) is 18.9 Å². The van der Waals surface area contributed by atoms with Crippen molar-refractivity contribution in [3.05, 3.63) is 35.0 Å². The second-order valence-corrected chi connectivity index (χ2v) is 3.57. The van der Waals surface area contributed by atoms with Crippen LogP contribution < -0.4 is 0 Å². The van der Waals surface area contributed by atoms with Crippen molar-refractivity contribution in [2.45, 2.75) is 19.8 Å². The van der Waals surface area contributed by atoms with E-state index in [1.54, 1.807) is 0 Å². The average molecular weight is 231 g/mol. The van der Waals surface area contributed by atoms with E-state index in [1.807, 2.05) is 6.92 Å². The van der Waals surface area contributed by atoms with E-state index in [4.69, 9.17) is 0 Å². The summed E-state index contributed by atoms with van der Waals surface area (Å²) in [4.78, 5) is 2.43. The van der Waals surface area contributed by atoms with E-state index >= 15 is 0 Å². The normalized spacial score (nSPS) is 11.3. The molecule has 0 saturated carbocycles. The molecule has 86 valence electrons. The smallest absolute Gasteiger partial charge is 0.199 e. The molecular weight excluding hydrogens is 222 g/mol. The van der Waals surface area contributed by atoms with Crippen LogP contribution in [-0.2, 0) is 6.42 Å². The highest BCUT2D eigenvalue weighted by molar-refractivity contribution is 5.84. The summed E-state index contributed by atoms with van der Waals surface area (Å²) in [5, 5.41) is -0.196. The number of aromatic amines is 1. The standard InChI is InChI=1S/C11H9F4N/c1-2-3-5-4-16-11-6(5)7(12)8(13)9(14)10(11)15/h4,16H,2-3H2,1H3. The fourth-order valence-electron chi connectivity index (χ4n) is 1.77. The number of aryl methyl sites for hydroxylation is 1. The maximum atomic E-state index is 13.5. The maximum absolute atomic E-state index is 13.5. The summed E-state index contributed by atoms with van der Waals surface area (Å²) >= 11 is 0. The zero-order valence-electron chi connectivity index (χ0n) is 8.50. The Labute approximate surface area is 89.1 Å². The van der Waals surface area contributed by atoms with Crippen LogP contribution in [0.5, 0.6) is 0 Å². The quantitative estimate of drug-likeness (QED) is 0.461. The highest BCUT2D eigenvalue weighted by Crippen LogP contribution is 2.29. The summed E-state index contributed by atoms with van der Waals surface area (Å²) in [6, 6.07) is 0. The molecule has 0 atom stereocenters. The monoisotopic (exact) mass is 231 g/mol. The summed E-state index contributed by atoms with van der Waals surface area (Å²) in [5.41, 5.74) is 0.132. The molecule has 0 spiro atoms. The molecule has 5 heteroatoms. The Morgan fingerprint density at radius 2 is 1.62 bits per heavy atom. The largest absolute Gasteiger partial charge is 0.358 e. The number of rotatable bonds is 2. The second-order valence-electron chi connectivity index (χ2n) is 3.57. The van der Waals surface area contributed by atoms with Crippen molar-refractivity contribution in [1.29, 1.82) is 0 Å². The Balaban J connectivity index is 2.83. The van der Waals surface area contributed by atoms with Gasteiger partial charge in [-0.15, -0.1) is 0 Å². The van der Waals surface area contributed by atoms with Gasteiger partial charge in [0, 0.05) is 11.6 Å². The average Bonchev–Trinajstić information content (AvgIpc) is 2.68. The van der Waals surface area contributed by atoms with Crippen molar-refractivity contribution in [1.82, 2.24) is 4.98 Å². The van der Waals surface area contributed by atoms with Gasteiger partial charge in [0.05, 0.1) is 5.52 Å². The molecule has 0 saturated heterocycles. The lowest BCUT2D eigenvalue weighted by molar-refractivity contribution is 0.417. The van der Waals surface area contributed by atoms with Gasteiger partial charge in [-0.25, -0.2) is 17.6 Å². The van der Waals surface area contributed by atoms with Crippen LogP contribution in [0.15, 0.2) is 6.20 Å². The molecule has 1 heterocycles. The van der Waals surface area contributed by atoms with Gasteiger partial charge in [0.1, 0.15) is 0 Å². The summed E-state index contributed by atoms with van der Waals surface area (Å²) in [5.74, 6) is -6.26. The third-order valence-electron chi connectivity index (χ3n) is 2.50. The molecule has 2 aromatic rings. The van der Waals surface area contributed by atoms with Gasteiger partial charge >= 0.3 is 0 Å². The molecule has 0 amide bonds. The van der Waals surface area contributed by atoms with Crippen molar-refractivity contribution < 1.29 is 17.6 Å². The molecule has 1 aromatic heterocycles. The number of aromatic nitrogens is 1. The van der Waals surface area contributed by atoms with Gasteiger partial charge in [0.15, 0.2) is 23.3 Å². The van der Waals surface area contributed by atoms with Gasteiger partial charge in [-0.05, 0) is 12.0 Å². The van der Waals surface area contributed by atoms with Crippen LogP contribution in [0.4, 0.5) is 17.6 Å². The summed E-state index contributed by atoms with van der Waals surface area (Å²) in [6.45, 7) is 1.85. The predicted octanol–water partition coefficient (Wildman–Crippen LogP) is 3.68. The topological polar surface area (TPSA) is 15.8 Å². The lowest BCUT2D eigenvalue weighted by Crippen LogP contribution is -1.98. The van der Waals surface area contributed by atoms with Gasteiger partial charge < -0.3 is 4.98 Å². The Hall–Kier alpha value is -1.52. The van der Waals surface area contributed by atoms with Crippen LogP contribution in [0.2, 0.25) is 0 Å². The van der Waals surface area contributed by atoms with E-state index in [1.165, 1.54) is 6.20 Å². The molecule has 1 aromatic carbocycles. The lowest BCUT2D eigenvalue weighted by Gasteiger charge is -2.02. The van der Waals surface area contributed by atoms with Gasteiger partial charge in [-0.1, -0.05) is 13.3 Å². The molecule has 0 radical (unpaired) electrons. The minimum atomic E-state index is -1.78. The summed E-state index contributed by atoms with van der Waals surface area (Å²) < 4.78 is 52.7. The van der Waals surface area contributed by atoms with E-state index in [0.717, 1.165) is 0 Å². The van der Waals surface area contributed by atoms with Crippen molar-refractivity contribution in [3.63, 3.8) is 0 Å². The molecular formula is C11H9F4N. The minimum absolute atomic E-state index is 0.196. The molecule has 0 aliphatic heterocycles. The number of hydrogen-bond acceptors (Lipinski definition) is 0. The van der Waals surface area contributed by atoms with Crippen LogP contribution >= 0.6 is 0 Å². The van der Waals surface area contributed by atoms with Crippen LogP contribution in [-0.4, -0.2) is 4.98 Å². The third-order valence-corrected chi connectivity index (χ3v) is 2.50. The Bertz CT molecular complexity index is 545. The zero-order chi connectivity index (χ0) is 11.9. The fourth-order valence-corrected chi connectivity index (χ4v) is 1.77. The predicted molar refractivity (Wildman–Crippen MR) is 52.1 cm³/mol. The van der Waals surface area contributed by atoms with Crippen LogP contribution in [0.3, 0.4) is 0 Å². The first kappa shape index (κ1) is 11.0. The van der Waals surface area contributed by atoms with Crippen molar-refractivity contribution in [2.24, 2.45) is 0 Å². The first-order valence-electron chi connectivity index (χ1n) is 4.89. The van der Waals surface area contributed by atoms with Gasteiger partial charge in [0.25, 0.3) is 0 Å². The van der Waals surface area contributed by atoms with Gasteiger partial charge in [0.2, 0.25) is 0 Å². The number of halogens is 4. The van der Waals surface area contributed by atoms with E-state index < -0.39 is 23.3 Å². The Kier molecular flexibility index (Phi) is 2.61. The molecule has 0 unspecified atom stereocenters. The highest BCUT2D eigenvalue weighted by Gasteiger charge is 2.23. The van der Waals surface area contributed by atoms with Crippen molar-refractivity contribution in [2.75, 3.05) is 0 Å². The number of H-pyrrole nitrogens is 1. The molecule has 1 nitrogen and oxygen atoms in total. The number of fused-ring (bicyclic) bond motifs is 1. The lowest BCUT2D eigenvalue weighted by atomic mass is 10.1. The fraction of sp³-hybridized carbons (Fsp3) is 0.273. The zero-order valence-corrected chi connectivity index (χ0v) is 8.50. The van der Waals surface area contributed by atoms with Crippen LogP contribution in [0.25, 0.3) is 10.9 Å². The summed E-state index contributed by atoms with van der Waals surface area (Å²) in [6.07, 6.45) is 2.55. The van der Waals surface area contributed by atoms with E-state index in [2.05, 4.69) is 4.98 Å². The molecule has 0 bridgehead atoms. The maximum Gasteiger partial charge on any atom is 0.199 e. The molecule has 2 rings (SSSR count). The van der Waals surface area contributed by atoms with E-state index in [-0.39, 0.29) is 10.9 Å². The second kappa shape index (κ2) is 3.81. The van der Waals surface area contributed by atoms with Gasteiger partial charge in [-0.3, -0.25) is 0 Å². The first-order chi connectivity index (χ1) is 7.57. The van der Waals surface area contributed by atoms with Gasteiger partial charge in [-0.2, -0.15) is 0 Å². The number of hydrogen-bond donors (Lipinski definition) is 1. The molecule has 0 aliphatic carbocycles. The Morgan fingerprint density at radius 3 is 2.25 bits per heavy atom.